The smallest absolute Gasteiger partial charge is 0.269 e. The van der Waals surface area contributed by atoms with E-state index in [-0.39, 0.29) is 12.2 Å². The summed E-state index contributed by atoms with van der Waals surface area (Å²) in [6, 6.07) is 9.74. The molecule has 0 aliphatic carbocycles. The number of carbonyl (C=O) groups excluding carboxylic acids is 2. The minimum Gasteiger partial charge on any atom is -0.290 e. The fourth-order valence-electron chi connectivity index (χ4n) is 1.97. The van der Waals surface area contributed by atoms with Crippen LogP contribution in [-0.4, -0.2) is 32.2 Å². The number of tetrazole rings is 1. The molecule has 2 aromatic heterocycles. The molecule has 3 rings (SSSR count). The number of aromatic nitrogens is 4. The Bertz CT molecular complexity index is 765. The number of hydrogen-bond acceptors (Lipinski definition) is 6. The summed E-state index contributed by atoms with van der Waals surface area (Å²) in [4.78, 5) is 23.9. The number of hydrogen-bond donors (Lipinski definition) is 1. The highest BCUT2D eigenvalue weighted by Gasteiger charge is 2.22. The van der Waals surface area contributed by atoms with Crippen LogP contribution in [0.25, 0.3) is 11.1 Å². The number of thiophene rings is 1. The molecule has 0 radical (unpaired) electrons. The molecule has 1 aromatic carbocycles. The first-order valence-corrected chi connectivity index (χ1v) is 7.11. The van der Waals surface area contributed by atoms with Crippen LogP contribution < -0.4 is 0 Å². The third-order valence-electron chi connectivity index (χ3n) is 2.98. The van der Waals surface area contributed by atoms with E-state index in [9.17, 15) is 9.59 Å². The molecule has 0 fully saturated rings. The zero-order valence-electron chi connectivity index (χ0n) is 10.8. The van der Waals surface area contributed by atoms with Gasteiger partial charge >= 0.3 is 0 Å². The van der Waals surface area contributed by atoms with Gasteiger partial charge in [0.15, 0.2) is 0 Å². The van der Waals surface area contributed by atoms with Crippen molar-refractivity contribution in [1.82, 2.24) is 20.6 Å². The van der Waals surface area contributed by atoms with Gasteiger partial charge in [-0.05, 0) is 32.7 Å². The van der Waals surface area contributed by atoms with Gasteiger partial charge in [0.05, 0.1) is 0 Å². The van der Waals surface area contributed by atoms with E-state index in [1.165, 1.54) is 11.3 Å². The van der Waals surface area contributed by atoms with Crippen LogP contribution >= 0.6 is 11.3 Å². The Morgan fingerprint density at radius 1 is 1.14 bits per heavy atom. The molecule has 0 saturated heterocycles. The third-order valence-corrected chi connectivity index (χ3v) is 3.77. The number of ketones is 2. The Kier molecular flexibility index (Phi) is 3.65. The lowest BCUT2D eigenvalue weighted by Gasteiger charge is -2.02. The maximum atomic E-state index is 12.0. The van der Waals surface area contributed by atoms with Crippen molar-refractivity contribution < 1.29 is 9.59 Å². The number of H-pyrrole nitrogens is 1. The van der Waals surface area contributed by atoms with Crippen LogP contribution in [0, 0.1) is 0 Å². The normalized spacial score (nSPS) is 10.5. The molecular formula is C14H10N4O2S. The molecule has 0 unspecified atom stereocenters. The zero-order chi connectivity index (χ0) is 14.7. The highest BCUT2D eigenvalue weighted by molar-refractivity contribution is 7.08. The number of nitrogens with one attached hydrogen (secondary N) is 1. The van der Waals surface area contributed by atoms with Gasteiger partial charge in [0.1, 0.15) is 0 Å². The van der Waals surface area contributed by atoms with Gasteiger partial charge in [-0.25, -0.2) is 0 Å². The molecule has 21 heavy (non-hydrogen) atoms. The number of carbonyl (C=O) groups is 2. The average Bonchev–Trinajstić information content (AvgIpc) is 3.19. The Balaban J connectivity index is 1.82. The van der Waals surface area contributed by atoms with Crippen LogP contribution in [-0.2, 0) is 11.2 Å². The first-order valence-electron chi connectivity index (χ1n) is 6.17. The van der Waals surface area contributed by atoms with Crippen molar-refractivity contribution in [3.05, 3.63) is 52.5 Å². The zero-order valence-corrected chi connectivity index (χ0v) is 11.6. The maximum Gasteiger partial charge on any atom is 0.269 e. The summed E-state index contributed by atoms with van der Waals surface area (Å²) in [6.45, 7) is 0. The summed E-state index contributed by atoms with van der Waals surface area (Å²) in [7, 11) is 0. The first-order chi connectivity index (χ1) is 10.3. The molecule has 104 valence electrons. The van der Waals surface area contributed by atoms with E-state index < -0.39 is 11.6 Å². The highest BCUT2D eigenvalue weighted by atomic mass is 32.1. The minimum atomic E-state index is -0.728. The Labute approximate surface area is 123 Å². The minimum absolute atomic E-state index is 0.0289. The van der Waals surface area contributed by atoms with Crippen molar-refractivity contribution >= 4 is 22.9 Å². The second kappa shape index (κ2) is 5.76. The molecule has 7 heteroatoms. The predicted octanol–water partition coefficient (Wildman–Crippen LogP) is 1.92. The van der Waals surface area contributed by atoms with E-state index in [2.05, 4.69) is 20.6 Å². The Morgan fingerprint density at radius 2 is 1.95 bits per heavy atom. The van der Waals surface area contributed by atoms with Gasteiger partial charge in [0.25, 0.3) is 5.78 Å². The molecule has 0 atom stereocenters. The molecule has 0 aliphatic rings. The standard InChI is InChI=1S/C14H10N4O2S/c19-12(13(20)14-15-17-18-16-14)6-10-7-21-8-11(10)9-4-2-1-3-5-9/h1-5,7-8H,6H2,(H,15,16,17,18). The maximum absolute atomic E-state index is 12.0. The number of benzene rings is 1. The van der Waals surface area contributed by atoms with Gasteiger partial charge < -0.3 is 0 Å². The van der Waals surface area contributed by atoms with Gasteiger partial charge in [0, 0.05) is 6.42 Å². The number of aromatic amines is 1. The lowest BCUT2D eigenvalue weighted by atomic mass is 10.00. The van der Waals surface area contributed by atoms with Gasteiger partial charge in [-0.3, -0.25) is 9.59 Å². The molecule has 0 spiro atoms. The van der Waals surface area contributed by atoms with E-state index >= 15 is 0 Å². The van der Waals surface area contributed by atoms with E-state index in [1.54, 1.807) is 0 Å². The molecular weight excluding hydrogens is 288 g/mol. The van der Waals surface area contributed by atoms with Crippen molar-refractivity contribution in [3.63, 3.8) is 0 Å². The predicted molar refractivity (Wildman–Crippen MR) is 77.0 cm³/mol. The largest absolute Gasteiger partial charge is 0.290 e. The molecule has 6 nitrogen and oxygen atoms in total. The Hall–Kier alpha value is -2.67. The number of nitrogens with zero attached hydrogens (tertiary/aromatic N) is 3. The van der Waals surface area contributed by atoms with Gasteiger partial charge in [0.2, 0.25) is 11.6 Å². The summed E-state index contributed by atoms with van der Waals surface area (Å²) in [5.74, 6) is -1.47. The van der Waals surface area contributed by atoms with Crippen LogP contribution in [0.15, 0.2) is 41.1 Å². The van der Waals surface area contributed by atoms with E-state index in [1.807, 2.05) is 41.1 Å². The highest BCUT2D eigenvalue weighted by Crippen LogP contribution is 2.27. The fraction of sp³-hybridized carbons (Fsp3) is 0.0714. The fourth-order valence-corrected chi connectivity index (χ4v) is 2.83. The summed E-state index contributed by atoms with van der Waals surface area (Å²) in [5.41, 5.74) is 2.82. The Morgan fingerprint density at radius 3 is 2.67 bits per heavy atom. The number of rotatable bonds is 5. The second-order valence-electron chi connectivity index (χ2n) is 4.34. The van der Waals surface area contributed by atoms with Crippen molar-refractivity contribution in [2.75, 3.05) is 0 Å². The van der Waals surface area contributed by atoms with E-state index in [0.29, 0.717) is 0 Å². The second-order valence-corrected chi connectivity index (χ2v) is 5.08. The van der Waals surface area contributed by atoms with Crippen LogP contribution in [0.4, 0.5) is 0 Å². The van der Waals surface area contributed by atoms with Crippen LogP contribution in [0.1, 0.15) is 16.2 Å². The lowest BCUT2D eigenvalue weighted by Crippen LogP contribution is -2.18. The first kappa shape index (κ1) is 13.3. The summed E-state index contributed by atoms with van der Waals surface area (Å²) < 4.78 is 0. The molecule has 2 heterocycles. The van der Waals surface area contributed by atoms with Gasteiger partial charge in [-0.2, -0.15) is 16.6 Å². The van der Waals surface area contributed by atoms with Crippen molar-refractivity contribution in [1.29, 1.82) is 0 Å². The monoisotopic (exact) mass is 298 g/mol. The lowest BCUT2D eigenvalue weighted by molar-refractivity contribution is -0.114. The van der Waals surface area contributed by atoms with E-state index in [0.717, 1.165) is 16.7 Å². The van der Waals surface area contributed by atoms with Crippen LogP contribution in [0.3, 0.4) is 0 Å². The van der Waals surface area contributed by atoms with Crippen molar-refractivity contribution in [2.24, 2.45) is 0 Å². The summed E-state index contributed by atoms with van der Waals surface area (Å²) >= 11 is 1.50. The number of Topliss-reactive ketones (excluding diaryl/α,β-unsaturated/α-hetero) is 2. The molecule has 3 aromatic rings. The summed E-state index contributed by atoms with van der Waals surface area (Å²) in [5, 5.41) is 16.4. The molecule has 0 aliphatic heterocycles. The quantitative estimate of drug-likeness (QED) is 0.574. The van der Waals surface area contributed by atoms with Gasteiger partial charge in [-0.1, -0.05) is 30.3 Å². The van der Waals surface area contributed by atoms with Crippen LogP contribution in [0.5, 0.6) is 0 Å². The van der Waals surface area contributed by atoms with Crippen molar-refractivity contribution in [2.45, 2.75) is 6.42 Å². The molecule has 0 amide bonds. The molecule has 0 saturated carbocycles. The topological polar surface area (TPSA) is 88.6 Å². The third kappa shape index (κ3) is 2.77. The summed E-state index contributed by atoms with van der Waals surface area (Å²) in [6.07, 6.45) is 0.0289. The SMILES string of the molecule is O=C(Cc1cscc1-c1ccccc1)C(=O)c1nn[nH]n1. The molecule has 1 N–H and O–H groups in total. The van der Waals surface area contributed by atoms with Gasteiger partial charge in [-0.15, -0.1) is 10.2 Å². The van der Waals surface area contributed by atoms with Crippen LogP contribution in [0.2, 0.25) is 0 Å². The van der Waals surface area contributed by atoms with Crippen molar-refractivity contribution in [3.8, 4) is 11.1 Å². The van der Waals surface area contributed by atoms with E-state index in [4.69, 9.17) is 0 Å². The molecule has 0 bridgehead atoms. The average molecular weight is 298 g/mol.